The van der Waals surface area contributed by atoms with Crippen LogP contribution in [0.2, 0.25) is 5.02 Å². The number of aliphatic hydroxyl groups excluding tert-OH is 1. The Hall–Kier alpha value is -0.310. The summed E-state index contributed by atoms with van der Waals surface area (Å²) < 4.78 is 33.6. The molecule has 1 saturated heterocycles. The second kappa shape index (κ2) is 8.18. The maximum atomic E-state index is 12.6. The summed E-state index contributed by atoms with van der Waals surface area (Å²) in [6.45, 7) is 2.07. The van der Waals surface area contributed by atoms with E-state index < -0.39 is 15.6 Å². The molecule has 1 aromatic carbocycles. The fraction of sp³-hybridized carbons (Fsp3) is 0.600. The van der Waals surface area contributed by atoms with Gasteiger partial charge in [0.2, 0.25) is 10.0 Å². The van der Waals surface area contributed by atoms with E-state index in [0.717, 1.165) is 24.3 Å². The predicted octanol–water partition coefficient (Wildman–Crippen LogP) is 2.20. The molecule has 1 aromatic rings. The fourth-order valence-electron chi connectivity index (χ4n) is 2.55. The van der Waals surface area contributed by atoms with Crippen LogP contribution in [-0.2, 0) is 14.8 Å². The number of halogens is 1. The highest BCUT2D eigenvalue weighted by Gasteiger charge is 2.35. The summed E-state index contributed by atoms with van der Waals surface area (Å²) >= 11 is 7.75. The Kier molecular flexibility index (Phi) is 6.77. The minimum atomic E-state index is -3.66. The first-order valence-electron chi connectivity index (χ1n) is 7.47. The quantitative estimate of drug-likeness (QED) is 0.759. The van der Waals surface area contributed by atoms with Crippen LogP contribution in [0.1, 0.15) is 18.4 Å². The average Bonchev–Trinajstić information content (AvgIpc) is 2.54. The van der Waals surface area contributed by atoms with Gasteiger partial charge in [-0.1, -0.05) is 17.7 Å². The lowest BCUT2D eigenvalue weighted by Gasteiger charge is -2.37. The monoisotopic (exact) mass is 379 g/mol. The number of hydrogen-bond donors (Lipinski definition) is 2. The zero-order chi connectivity index (χ0) is 16.9. The topological polar surface area (TPSA) is 75.6 Å². The zero-order valence-electron chi connectivity index (χ0n) is 13.0. The van der Waals surface area contributed by atoms with Crippen molar-refractivity contribution < 1.29 is 18.3 Å². The van der Waals surface area contributed by atoms with Crippen LogP contribution in [-0.4, -0.2) is 50.4 Å². The summed E-state index contributed by atoms with van der Waals surface area (Å²) in [5, 5.41) is 9.39. The number of nitrogens with one attached hydrogen (secondary N) is 1. The van der Waals surface area contributed by atoms with Gasteiger partial charge in [-0.15, -0.1) is 0 Å². The first kappa shape index (κ1) is 19.0. The Morgan fingerprint density at radius 1 is 1.39 bits per heavy atom. The third-order valence-corrected chi connectivity index (χ3v) is 6.69. The van der Waals surface area contributed by atoms with E-state index in [4.69, 9.17) is 21.4 Å². The second-order valence-electron chi connectivity index (χ2n) is 5.60. The third kappa shape index (κ3) is 5.08. The average molecular weight is 380 g/mol. The summed E-state index contributed by atoms with van der Waals surface area (Å²) in [5.74, 6) is 1.84. The third-order valence-electron chi connectivity index (χ3n) is 3.93. The Morgan fingerprint density at radius 2 is 2.09 bits per heavy atom. The van der Waals surface area contributed by atoms with Crippen molar-refractivity contribution in [2.75, 3.05) is 31.3 Å². The number of thioether (sulfide) groups is 1. The highest BCUT2D eigenvalue weighted by atomic mass is 35.5. The highest BCUT2D eigenvalue weighted by molar-refractivity contribution is 7.99. The first-order chi connectivity index (χ1) is 10.9. The molecule has 130 valence electrons. The van der Waals surface area contributed by atoms with Crippen molar-refractivity contribution in [1.29, 1.82) is 0 Å². The number of hydrogen-bond acceptors (Lipinski definition) is 5. The standard InChI is InChI=1S/C15H22ClNO4S2/c1-12-2-3-13(16)10-14(12)23(19,20)17-11-15(21-7-6-18)4-8-22-9-5-15/h2-3,10,17-18H,4-9,11H2,1H3. The summed E-state index contributed by atoms with van der Waals surface area (Å²) in [6.07, 6.45) is 1.52. The van der Waals surface area contributed by atoms with Crippen LogP contribution in [0.3, 0.4) is 0 Å². The van der Waals surface area contributed by atoms with E-state index in [0.29, 0.717) is 10.6 Å². The Labute approximate surface area is 146 Å². The van der Waals surface area contributed by atoms with Crippen LogP contribution < -0.4 is 4.72 Å². The molecule has 1 heterocycles. The van der Waals surface area contributed by atoms with Crippen LogP contribution in [0, 0.1) is 6.92 Å². The molecule has 0 saturated carbocycles. The predicted molar refractivity (Wildman–Crippen MR) is 93.7 cm³/mol. The number of sulfonamides is 1. The number of ether oxygens (including phenoxy) is 1. The Balaban J connectivity index is 2.14. The molecule has 5 nitrogen and oxygen atoms in total. The summed E-state index contributed by atoms with van der Waals surface area (Å²) in [5.41, 5.74) is 0.0968. The molecule has 0 atom stereocenters. The Morgan fingerprint density at radius 3 is 2.74 bits per heavy atom. The van der Waals surface area contributed by atoms with Crippen molar-refractivity contribution in [3.63, 3.8) is 0 Å². The molecule has 0 bridgehead atoms. The van der Waals surface area contributed by atoms with Gasteiger partial charge in [-0.3, -0.25) is 0 Å². The summed E-state index contributed by atoms with van der Waals surface area (Å²) in [6, 6.07) is 4.81. The zero-order valence-corrected chi connectivity index (χ0v) is 15.4. The van der Waals surface area contributed by atoms with E-state index >= 15 is 0 Å². The van der Waals surface area contributed by atoms with Crippen molar-refractivity contribution in [2.24, 2.45) is 0 Å². The van der Waals surface area contributed by atoms with Crippen LogP contribution in [0.5, 0.6) is 0 Å². The molecule has 0 aliphatic carbocycles. The van der Waals surface area contributed by atoms with Gasteiger partial charge in [0.25, 0.3) is 0 Å². The lowest BCUT2D eigenvalue weighted by Crippen LogP contribution is -2.48. The largest absolute Gasteiger partial charge is 0.394 e. The molecule has 1 aliphatic rings. The molecule has 0 aromatic heterocycles. The van der Waals surface area contributed by atoms with Crippen LogP contribution in [0.25, 0.3) is 0 Å². The first-order valence-corrected chi connectivity index (χ1v) is 10.5. The SMILES string of the molecule is Cc1ccc(Cl)cc1S(=O)(=O)NCC1(OCCO)CCSCC1. The van der Waals surface area contributed by atoms with Gasteiger partial charge in [-0.05, 0) is 49.0 Å². The van der Waals surface area contributed by atoms with Gasteiger partial charge in [-0.2, -0.15) is 11.8 Å². The minimum Gasteiger partial charge on any atom is -0.394 e. The minimum absolute atomic E-state index is 0.0744. The van der Waals surface area contributed by atoms with Crippen molar-refractivity contribution in [2.45, 2.75) is 30.3 Å². The van der Waals surface area contributed by atoms with E-state index in [9.17, 15) is 8.42 Å². The van der Waals surface area contributed by atoms with Gasteiger partial charge in [-0.25, -0.2) is 13.1 Å². The van der Waals surface area contributed by atoms with Crippen molar-refractivity contribution >= 4 is 33.4 Å². The number of benzene rings is 1. The number of rotatable bonds is 7. The number of aliphatic hydroxyl groups is 1. The maximum absolute atomic E-state index is 12.6. The van der Waals surface area contributed by atoms with E-state index in [-0.39, 0.29) is 24.7 Å². The molecule has 0 radical (unpaired) electrons. The molecule has 2 N–H and O–H groups in total. The van der Waals surface area contributed by atoms with E-state index in [1.54, 1.807) is 19.1 Å². The fourth-order valence-corrected chi connectivity index (χ4v) is 5.40. The molecular formula is C15H22ClNO4S2. The van der Waals surface area contributed by atoms with Gasteiger partial charge >= 0.3 is 0 Å². The van der Waals surface area contributed by atoms with Gasteiger partial charge in [0, 0.05) is 11.6 Å². The summed E-state index contributed by atoms with van der Waals surface area (Å²) in [7, 11) is -3.66. The van der Waals surface area contributed by atoms with Crippen molar-refractivity contribution in [3.8, 4) is 0 Å². The molecule has 8 heteroatoms. The normalized spacial score (nSPS) is 18.0. The van der Waals surface area contributed by atoms with E-state index in [1.807, 2.05) is 11.8 Å². The van der Waals surface area contributed by atoms with Crippen LogP contribution in [0.15, 0.2) is 23.1 Å². The molecule has 0 amide bonds. The lowest BCUT2D eigenvalue weighted by molar-refractivity contribution is -0.0591. The summed E-state index contributed by atoms with van der Waals surface area (Å²) in [4.78, 5) is 0.187. The lowest BCUT2D eigenvalue weighted by atomic mass is 9.97. The molecular weight excluding hydrogens is 358 g/mol. The van der Waals surface area contributed by atoms with Crippen LogP contribution in [0.4, 0.5) is 0 Å². The smallest absolute Gasteiger partial charge is 0.240 e. The highest BCUT2D eigenvalue weighted by Crippen LogP contribution is 2.30. The van der Waals surface area contributed by atoms with Gasteiger partial charge < -0.3 is 9.84 Å². The molecule has 0 unspecified atom stereocenters. The van der Waals surface area contributed by atoms with Crippen LogP contribution >= 0.6 is 23.4 Å². The van der Waals surface area contributed by atoms with E-state index in [1.165, 1.54) is 6.07 Å². The van der Waals surface area contributed by atoms with Crippen molar-refractivity contribution in [3.05, 3.63) is 28.8 Å². The number of aryl methyl sites for hydroxylation is 1. The molecule has 23 heavy (non-hydrogen) atoms. The van der Waals surface area contributed by atoms with Gasteiger partial charge in [0.15, 0.2) is 0 Å². The van der Waals surface area contributed by atoms with E-state index in [2.05, 4.69) is 4.72 Å². The second-order valence-corrected chi connectivity index (χ2v) is 9.00. The maximum Gasteiger partial charge on any atom is 0.240 e. The molecule has 1 fully saturated rings. The molecule has 2 rings (SSSR count). The molecule has 0 spiro atoms. The molecule has 1 aliphatic heterocycles. The van der Waals surface area contributed by atoms with Gasteiger partial charge in [0.1, 0.15) is 0 Å². The Bertz CT molecular complexity index is 630. The van der Waals surface area contributed by atoms with Crippen molar-refractivity contribution in [1.82, 2.24) is 4.72 Å². The van der Waals surface area contributed by atoms with Gasteiger partial charge in [0.05, 0.1) is 23.7 Å².